The Morgan fingerprint density at radius 3 is 2.76 bits per heavy atom. The molecule has 0 aliphatic carbocycles. The standard InChI is InChI=1S/C12H8ClNOS2/c13-12-8-3-1-2-4-9(8)17-10(12)7-14-11(15)5-6-16-14/h1-6H,7H2. The summed E-state index contributed by atoms with van der Waals surface area (Å²) in [5.74, 6) is 0. The van der Waals surface area contributed by atoms with Crippen molar-refractivity contribution in [3.8, 4) is 0 Å². The Labute approximate surface area is 111 Å². The summed E-state index contributed by atoms with van der Waals surface area (Å²) in [6.45, 7) is 0.564. The van der Waals surface area contributed by atoms with Crippen molar-refractivity contribution in [1.29, 1.82) is 0 Å². The molecule has 2 heterocycles. The lowest BCUT2D eigenvalue weighted by Gasteiger charge is -1.97. The fraction of sp³-hybridized carbons (Fsp3) is 0.0833. The summed E-state index contributed by atoms with van der Waals surface area (Å²) in [6, 6.07) is 9.60. The van der Waals surface area contributed by atoms with Crippen LogP contribution < -0.4 is 5.56 Å². The van der Waals surface area contributed by atoms with E-state index in [1.807, 2.05) is 24.3 Å². The van der Waals surface area contributed by atoms with Crippen LogP contribution in [0, 0.1) is 0 Å². The zero-order valence-corrected chi connectivity index (χ0v) is 11.1. The minimum absolute atomic E-state index is 0.0310. The lowest BCUT2D eigenvalue weighted by Crippen LogP contribution is -2.11. The van der Waals surface area contributed by atoms with Crippen LogP contribution in [0.3, 0.4) is 0 Å². The van der Waals surface area contributed by atoms with Gasteiger partial charge in [-0.25, -0.2) is 0 Å². The van der Waals surface area contributed by atoms with Gasteiger partial charge in [-0.2, -0.15) is 0 Å². The molecule has 0 bridgehead atoms. The average Bonchev–Trinajstić information content (AvgIpc) is 2.87. The fourth-order valence-corrected chi connectivity index (χ4v) is 3.97. The summed E-state index contributed by atoms with van der Waals surface area (Å²) in [7, 11) is 0. The molecule has 0 amide bonds. The number of hydrogen-bond donors (Lipinski definition) is 0. The molecule has 0 aliphatic rings. The van der Waals surface area contributed by atoms with E-state index in [4.69, 9.17) is 11.6 Å². The maximum Gasteiger partial charge on any atom is 0.260 e. The monoisotopic (exact) mass is 281 g/mol. The van der Waals surface area contributed by atoms with Crippen LogP contribution in [-0.2, 0) is 6.54 Å². The number of halogens is 1. The van der Waals surface area contributed by atoms with Crippen LogP contribution in [0.25, 0.3) is 10.1 Å². The van der Waals surface area contributed by atoms with Crippen LogP contribution in [0.2, 0.25) is 5.02 Å². The van der Waals surface area contributed by atoms with Gasteiger partial charge in [0.05, 0.1) is 11.6 Å². The second kappa shape index (κ2) is 4.29. The third-order valence-corrected chi connectivity index (χ3v) is 5.05. The zero-order valence-electron chi connectivity index (χ0n) is 8.72. The lowest BCUT2D eigenvalue weighted by atomic mass is 10.2. The molecule has 0 unspecified atom stereocenters. The van der Waals surface area contributed by atoms with Gasteiger partial charge >= 0.3 is 0 Å². The van der Waals surface area contributed by atoms with E-state index >= 15 is 0 Å². The van der Waals surface area contributed by atoms with E-state index in [0.717, 1.165) is 20.0 Å². The minimum atomic E-state index is 0.0310. The summed E-state index contributed by atoms with van der Waals surface area (Å²) in [4.78, 5) is 12.5. The van der Waals surface area contributed by atoms with E-state index < -0.39 is 0 Å². The van der Waals surface area contributed by atoms with Gasteiger partial charge in [0.25, 0.3) is 5.56 Å². The first-order valence-corrected chi connectivity index (χ1v) is 7.09. The molecule has 0 saturated carbocycles. The molecule has 1 aromatic carbocycles. The molecule has 0 saturated heterocycles. The molecule has 2 nitrogen and oxygen atoms in total. The Balaban J connectivity index is 2.10. The largest absolute Gasteiger partial charge is 0.268 e. The Hall–Kier alpha value is -1.10. The van der Waals surface area contributed by atoms with Crippen LogP contribution in [0.1, 0.15) is 4.88 Å². The van der Waals surface area contributed by atoms with E-state index in [1.165, 1.54) is 11.5 Å². The normalized spacial score (nSPS) is 11.1. The molecule has 0 fully saturated rings. The van der Waals surface area contributed by atoms with E-state index in [-0.39, 0.29) is 5.56 Å². The lowest BCUT2D eigenvalue weighted by molar-refractivity contribution is 0.865. The third kappa shape index (κ3) is 1.92. The number of aromatic nitrogens is 1. The van der Waals surface area contributed by atoms with Gasteiger partial charge in [0, 0.05) is 26.4 Å². The molecule has 3 rings (SSSR count). The van der Waals surface area contributed by atoms with Gasteiger partial charge in [-0.05, 0) is 6.07 Å². The number of thiophene rings is 1. The maximum absolute atomic E-state index is 11.5. The number of nitrogens with zero attached hydrogens (tertiary/aromatic N) is 1. The maximum atomic E-state index is 11.5. The van der Waals surface area contributed by atoms with Crippen molar-refractivity contribution < 1.29 is 0 Å². The Morgan fingerprint density at radius 2 is 2.06 bits per heavy atom. The molecule has 0 aliphatic heterocycles. The molecule has 0 atom stereocenters. The summed E-state index contributed by atoms with van der Waals surface area (Å²) in [5, 5.41) is 3.63. The van der Waals surface area contributed by atoms with E-state index in [1.54, 1.807) is 26.7 Å². The van der Waals surface area contributed by atoms with Gasteiger partial charge in [0.15, 0.2) is 0 Å². The van der Waals surface area contributed by atoms with Crippen molar-refractivity contribution in [3.63, 3.8) is 0 Å². The number of rotatable bonds is 2. The predicted octanol–water partition coefficient (Wildman–Crippen LogP) is 3.83. The molecular weight excluding hydrogens is 274 g/mol. The van der Waals surface area contributed by atoms with E-state index in [2.05, 4.69) is 0 Å². The molecule has 0 N–H and O–H groups in total. The smallest absolute Gasteiger partial charge is 0.260 e. The first-order valence-electron chi connectivity index (χ1n) is 5.06. The average molecular weight is 282 g/mol. The first kappa shape index (κ1) is 11.0. The summed E-state index contributed by atoms with van der Waals surface area (Å²) < 4.78 is 2.87. The fourth-order valence-electron chi connectivity index (χ4n) is 1.71. The zero-order chi connectivity index (χ0) is 11.8. The highest BCUT2D eigenvalue weighted by atomic mass is 35.5. The minimum Gasteiger partial charge on any atom is -0.268 e. The molecule has 3 aromatic rings. The van der Waals surface area contributed by atoms with Crippen molar-refractivity contribution in [2.75, 3.05) is 0 Å². The van der Waals surface area contributed by atoms with Gasteiger partial charge in [-0.1, -0.05) is 41.3 Å². The highest BCUT2D eigenvalue weighted by Gasteiger charge is 2.10. The topological polar surface area (TPSA) is 22.0 Å². The molecule has 17 heavy (non-hydrogen) atoms. The molecule has 0 radical (unpaired) electrons. The Kier molecular flexibility index (Phi) is 2.78. The Bertz CT molecular complexity index is 725. The first-order chi connectivity index (χ1) is 8.25. The van der Waals surface area contributed by atoms with Crippen molar-refractivity contribution in [2.24, 2.45) is 0 Å². The quantitative estimate of drug-likeness (QED) is 0.700. The number of hydrogen-bond acceptors (Lipinski definition) is 3. The molecule has 5 heteroatoms. The van der Waals surface area contributed by atoms with Crippen LogP contribution in [0.15, 0.2) is 40.5 Å². The van der Waals surface area contributed by atoms with Gasteiger partial charge in [-0.15, -0.1) is 11.3 Å². The van der Waals surface area contributed by atoms with Crippen molar-refractivity contribution >= 4 is 44.6 Å². The number of benzene rings is 1. The van der Waals surface area contributed by atoms with Gasteiger partial charge in [0.2, 0.25) is 0 Å². The van der Waals surface area contributed by atoms with Gasteiger partial charge < -0.3 is 0 Å². The predicted molar refractivity (Wildman–Crippen MR) is 74.5 cm³/mol. The van der Waals surface area contributed by atoms with Crippen molar-refractivity contribution in [1.82, 2.24) is 3.96 Å². The molecule has 0 spiro atoms. The molecule has 2 aromatic heterocycles. The van der Waals surface area contributed by atoms with E-state index in [0.29, 0.717) is 6.54 Å². The summed E-state index contributed by atoms with van der Waals surface area (Å²) in [6.07, 6.45) is 0. The van der Waals surface area contributed by atoms with Crippen LogP contribution in [0.5, 0.6) is 0 Å². The third-order valence-electron chi connectivity index (χ3n) is 2.53. The highest BCUT2D eigenvalue weighted by molar-refractivity contribution is 7.19. The van der Waals surface area contributed by atoms with Crippen molar-refractivity contribution in [2.45, 2.75) is 6.54 Å². The SMILES string of the molecule is O=c1ccsn1Cc1sc2ccccc2c1Cl. The van der Waals surface area contributed by atoms with Gasteiger partial charge in [-0.3, -0.25) is 8.75 Å². The van der Waals surface area contributed by atoms with Gasteiger partial charge in [0.1, 0.15) is 0 Å². The summed E-state index contributed by atoms with van der Waals surface area (Å²) in [5.41, 5.74) is 0.0310. The van der Waals surface area contributed by atoms with E-state index in [9.17, 15) is 4.79 Å². The number of fused-ring (bicyclic) bond motifs is 1. The van der Waals surface area contributed by atoms with Crippen LogP contribution in [-0.4, -0.2) is 3.96 Å². The second-order valence-electron chi connectivity index (χ2n) is 3.62. The second-order valence-corrected chi connectivity index (χ2v) is 6.06. The van der Waals surface area contributed by atoms with Crippen molar-refractivity contribution in [3.05, 3.63) is 56.0 Å². The van der Waals surface area contributed by atoms with Crippen LogP contribution in [0.4, 0.5) is 0 Å². The highest BCUT2D eigenvalue weighted by Crippen LogP contribution is 2.35. The summed E-state index contributed by atoms with van der Waals surface area (Å²) >= 11 is 9.39. The van der Waals surface area contributed by atoms with Crippen LogP contribution >= 0.6 is 34.5 Å². The molecule has 86 valence electrons. The molecular formula is C12H8ClNOS2. The Morgan fingerprint density at radius 1 is 1.24 bits per heavy atom.